The maximum absolute atomic E-state index is 13.2. The van der Waals surface area contributed by atoms with Crippen molar-refractivity contribution < 1.29 is 22.6 Å². The molecule has 6 heteroatoms. The van der Waals surface area contributed by atoms with Crippen LogP contribution in [0, 0.1) is 0 Å². The summed E-state index contributed by atoms with van der Waals surface area (Å²) in [6.07, 6.45) is -2.13. The third-order valence-electron chi connectivity index (χ3n) is 4.09. The van der Waals surface area contributed by atoms with E-state index >= 15 is 0 Å². The van der Waals surface area contributed by atoms with Crippen molar-refractivity contribution in [3.63, 3.8) is 0 Å². The lowest BCUT2D eigenvalue weighted by Crippen LogP contribution is -2.43. The Balaban J connectivity index is 2.16. The fourth-order valence-corrected chi connectivity index (χ4v) is 2.80. The second kappa shape index (κ2) is 4.03. The van der Waals surface area contributed by atoms with Crippen LogP contribution in [-0.4, -0.2) is 13.3 Å². The number of fused-ring (bicyclic) bond motifs is 1. The highest BCUT2D eigenvalue weighted by Gasteiger charge is 2.45. The molecule has 0 bridgehead atoms. The molecular formula is C13H14F3NO2. The van der Waals surface area contributed by atoms with Crippen LogP contribution >= 0.6 is 0 Å². The smallest absolute Gasteiger partial charge is 0.416 e. The summed E-state index contributed by atoms with van der Waals surface area (Å²) in [4.78, 5) is 0. The van der Waals surface area contributed by atoms with Gasteiger partial charge in [0, 0.05) is 12.0 Å². The fourth-order valence-electron chi connectivity index (χ4n) is 2.80. The number of rotatable bonds is 2. The Morgan fingerprint density at radius 3 is 2.26 bits per heavy atom. The van der Waals surface area contributed by atoms with E-state index in [-0.39, 0.29) is 24.7 Å². The molecule has 0 unspecified atom stereocenters. The van der Waals surface area contributed by atoms with Crippen molar-refractivity contribution in [2.75, 3.05) is 13.3 Å². The summed E-state index contributed by atoms with van der Waals surface area (Å²) in [6, 6.07) is 2.49. The maximum atomic E-state index is 13.2. The number of halogens is 3. The van der Waals surface area contributed by atoms with Crippen molar-refractivity contribution in [1.29, 1.82) is 0 Å². The Hall–Kier alpha value is -1.43. The number of benzene rings is 1. The summed E-state index contributed by atoms with van der Waals surface area (Å²) in [5, 5.41) is 0. The van der Waals surface area contributed by atoms with E-state index in [0.717, 1.165) is 12.5 Å². The zero-order chi connectivity index (χ0) is 13.7. The number of nitrogens with two attached hydrogens (primary N) is 1. The van der Waals surface area contributed by atoms with Gasteiger partial charge in [0.15, 0.2) is 11.5 Å². The lowest BCUT2D eigenvalue weighted by Gasteiger charge is -2.42. The fraction of sp³-hybridized carbons (Fsp3) is 0.538. The molecule has 0 amide bonds. The lowest BCUT2D eigenvalue weighted by atomic mass is 9.63. The first-order valence-electron chi connectivity index (χ1n) is 6.18. The molecule has 1 aromatic rings. The topological polar surface area (TPSA) is 44.5 Å². The molecule has 2 aliphatic rings. The molecule has 1 aliphatic heterocycles. The van der Waals surface area contributed by atoms with Gasteiger partial charge in [-0.15, -0.1) is 0 Å². The Morgan fingerprint density at radius 2 is 1.79 bits per heavy atom. The molecule has 0 saturated heterocycles. The molecule has 0 radical (unpaired) electrons. The molecule has 104 valence electrons. The molecule has 0 atom stereocenters. The standard InChI is InChI=1S/C13H14F3NO2/c14-13(15,16)9-5-11-10(18-7-19-11)4-8(9)12(6-17)2-1-3-12/h4-5H,1-3,6-7,17H2. The zero-order valence-corrected chi connectivity index (χ0v) is 10.2. The van der Waals surface area contributed by atoms with E-state index in [2.05, 4.69) is 0 Å². The minimum absolute atomic E-state index is 0.0360. The SMILES string of the molecule is NCC1(c2cc3c(cc2C(F)(F)F)OCO3)CCC1. The van der Waals surface area contributed by atoms with Gasteiger partial charge in [0.25, 0.3) is 0 Å². The lowest BCUT2D eigenvalue weighted by molar-refractivity contribution is -0.139. The van der Waals surface area contributed by atoms with Crippen molar-refractivity contribution in [2.24, 2.45) is 5.73 Å². The summed E-state index contributed by atoms with van der Waals surface area (Å²) in [5.74, 6) is 0.533. The summed E-state index contributed by atoms with van der Waals surface area (Å²) in [5.41, 5.74) is 4.75. The Labute approximate surface area is 108 Å². The van der Waals surface area contributed by atoms with Crippen LogP contribution in [0.1, 0.15) is 30.4 Å². The summed E-state index contributed by atoms with van der Waals surface area (Å²) >= 11 is 0. The Bertz CT molecular complexity index is 504. The Kier molecular flexibility index (Phi) is 2.67. The Morgan fingerprint density at radius 1 is 1.16 bits per heavy atom. The number of alkyl halides is 3. The van der Waals surface area contributed by atoms with Crippen molar-refractivity contribution in [2.45, 2.75) is 30.9 Å². The highest BCUT2D eigenvalue weighted by atomic mass is 19.4. The monoisotopic (exact) mass is 273 g/mol. The first-order chi connectivity index (χ1) is 8.96. The van der Waals surface area contributed by atoms with Gasteiger partial charge in [-0.1, -0.05) is 6.42 Å². The third-order valence-corrected chi connectivity index (χ3v) is 4.09. The van der Waals surface area contributed by atoms with Crippen LogP contribution in [0.3, 0.4) is 0 Å². The van der Waals surface area contributed by atoms with Gasteiger partial charge in [-0.3, -0.25) is 0 Å². The number of ether oxygens (including phenoxy) is 2. The average Bonchev–Trinajstić information content (AvgIpc) is 2.73. The largest absolute Gasteiger partial charge is 0.454 e. The van der Waals surface area contributed by atoms with Gasteiger partial charge in [-0.2, -0.15) is 13.2 Å². The van der Waals surface area contributed by atoms with Crippen molar-refractivity contribution in [3.8, 4) is 11.5 Å². The second-order valence-corrected chi connectivity index (χ2v) is 5.09. The normalized spacial score (nSPS) is 20.2. The van der Waals surface area contributed by atoms with Crippen LogP contribution in [0.4, 0.5) is 13.2 Å². The van der Waals surface area contributed by atoms with Crippen molar-refractivity contribution in [3.05, 3.63) is 23.3 Å². The van der Waals surface area contributed by atoms with Gasteiger partial charge in [0.2, 0.25) is 6.79 Å². The minimum Gasteiger partial charge on any atom is -0.454 e. The van der Waals surface area contributed by atoms with Crippen LogP contribution < -0.4 is 15.2 Å². The van der Waals surface area contributed by atoms with E-state index in [0.29, 0.717) is 18.6 Å². The van der Waals surface area contributed by atoms with Gasteiger partial charge < -0.3 is 15.2 Å². The third kappa shape index (κ3) is 1.85. The van der Waals surface area contributed by atoms with Crippen LogP contribution in [0.25, 0.3) is 0 Å². The second-order valence-electron chi connectivity index (χ2n) is 5.09. The first kappa shape index (κ1) is 12.6. The molecule has 1 heterocycles. The van der Waals surface area contributed by atoms with Crippen molar-refractivity contribution in [1.82, 2.24) is 0 Å². The molecule has 19 heavy (non-hydrogen) atoms. The average molecular weight is 273 g/mol. The van der Waals surface area contributed by atoms with Crippen LogP contribution in [-0.2, 0) is 11.6 Å². The van der Waals surface area contributed by atoms with Gasteiger partial charge in [-0.05, 0) is 30.5 Å². The van der Waals surface area contributed by atoms with Gasteiger partial charge in [-0.25, -0.2) is 0 Å². The molecule has 3 rings (SSSR count). The first-order valence-corrected chi connectivity index (χ1v) is 6.18. The van der Waals surface area contributed by atoms with E-state index in [9.17, 15) is 13.2 Å². The highest BCUT2D eigenvalue weighted by Crippen LogP contribution is 2.51. The van der Waals surface area contributed by atoms with E-state index in [4.69, 9.17) is 15.2 Å². The van der Waals surface area contributed by atoms with E-state index in [1.165, 1.54) is 6.07 Å². The summed E-state index contributed by atoms with van der Waals surface area (Å²) in [7, 11) is 0. The summed E-state index contributed by atoms with van der Waals surface area (Å²) in [6.45, 7) is 0.182. The highest BCUT2D eigenvalue weighted by molar-refractivity contribution is 5.52. The molecule has 1 aromatic carbocycles. The van der Waals surface area contributed by atoms with Gasteiger partial charge >= 0.3 is 6.18 Å². The molecule has 0 aromatic heterocycles. The molecule has 0 spiro atoms. The van der Waals surface area contributed by atoms with E-state index in [1.807, 2.05) is 0 Å². The van der Waals surface area contributed by atoms with Crippen LogP contribution in [0.5, 0.6) is 11.5 Å². The molecule has 3 nitrogen and oxygen atoms in total. The van der Waals surface area contributed by atoms with Crippen LogP contribution in [0.15, 0.2) is 12.1 Å². The summed E-state index contributed by atoms with van der Waals surface area (Å²) < 4.78 is 49.8. The van der Waals surface area contributed by atoms with Crippen LogP contribution in [0.2, 0.25) is 0 Å². The van der Waals surface area contributed by atoms with Crippen molar-refractivity contribution >= 4 is 0 Å². The number of hydrogen-bond donors (Lipinski definition) is 1. The van der Waals surface area contributed by atoms with Gasteiger partial charge in [0.1, 0.15) is 0 Å². The van der Waals surface area contributed by atoms with E-state index < -0.39 is 17.2 Å². The molecular weight excluding hydrogens is 259 g/mol. The quantitative estimate of drug-likeness (QED) is 0.901. The molecule has 1 aliphatic carbocycles. The molecule has 1 fully saturated rings. The predicted octanol–water partition coefficient (Wildman–Crippen LogP) is 2.81. The molecule has 1 saturated carbocycles. The molecule has 2 N–H and O–H groups in total. The minimum atomic E-state index is -4.41. The maximum Gasteiger partial charge on any atom is 0.416 e. The number of hydrogen-bond acceptors (Lipinski definition) is 3. The van der Waals surface area contributed by atoms with E-state index in [1.54, 1.807) is 0 Å². The zero-order valence-electron chi connectivity index (χ0n) is 10.2. The predicted molar refractivity (Wildman–Crippen MR) is 62.2 cm³/mol. The van der Waals surface area contributed by atoms with Gasteiger partial charge in [0.05, 0.1) is 5.56 Å².